The molecule has 0 radical (unpaired) electrons. The molecule has 0 spiro atoms. The van der Waals surface area contributed by atoms with Gasteiger partial charge in [-0.25, -0.2) is 9.38 Å². The Kier molecular flexibility index (Phi) is 6.92. The molecule has 0 bridgehead atoms. The smallest absolute Gasteiger partial charge is 0.230 e. The largest absolute Gasteiger partial charge is 0.340 e. The highest BCUT2D eigenvalue weighted by atomic mass is 35.5. The van der Waals surface area contributed by atoms with Crippen molar-refractivity contribution in [1.82, 2.24) is 24.5 Å². The van der Waals surface area contributed by atoms with Gasteiger partial charge in [-0.1, -0.05) is 72.6 Å². The molecule has 6 rings (SSSR count). The van der Waals surface area contributed by atoms with Crippen LogP contribution in [0.4, 0.5) is 5.95 Å². The maximum atomic E-state index is 13.6. The van der Waals surface area contributed by atoms with E-state index in [9.17, 15) is 4.79 Å². The van der Waals surface area contributed by atoms with E-state index < -0.39 is 0 Å². The standard InChI is InChI=1S/C31H31ClN6O/c1-3-25(22-10-5-4-6-11-22)30(39)36-15-8-16-37(18-17-36)31-33-27-20-24(32)13-14-26(27)29-35-34-28(38(29)31)23-12-7-9-21(2)19-23/h4-7,9-14,19-20,25H,3,8,15-18H2,1-2H3/t25-/m1/s1. The summed E-state index contributed by atoms with van der Waals surface area (Å²) in [5.41, 5.74) is 4.74. The fourth-order valence-electron chi connectivity index (χ4n) is 5.57. The summed E-state index contributed by atoms with van der Waals surface area (Å²) in [5, 5.41) is 10.8. The SMILES string of the molecule is CC[C@@H](C(=O)N1CCCN(c2nc3cc(Cl)ccc3c3nnc(-c4cccc(C)c4)n23)CC1)c1ccccc1. The molecule has 0 aliphatic carbocycles. The van der Waals surface area contributed by atoms with Crippen LogP contribution in [0.5, 0.6) is 0 Å². The highest BCUT2D eigenvalue weighted by molar-refractivity contribution is 6.31. The highest BCUT2D eigenvalue weighted by Crippen LogP contribution is 2.31. The van der Waals surface area contributed by atoms with Gasteiger partial charge in [-0.05, 0) is 49.6 Å². The van der Waals surface area contributed by atoms with E-state index in [2.05, 4.69) is 63.7 Å². The van der Waals surface area contributed by atoms with Crippen molar-refractivity contribution in [3.05, 3.63) is 88.9 Å². The predicted molar refractivity (Wildman–Crippen MR) is 156 cm³/mol. The summed E-state index contributed by atoms with van der Waals surface area (Å²) < 4.78 is 2.06. The van der Waals surface area contributed by atoms with Crippen LogP contribution in [0.3, 0.4) is 0 Å². The number of aromatic nitrogens is 4. The maximum Gasteiger partial charge on any atom is 0.230 e. The summed E-state index contributed by atoms with van der Waals surface area (Å²) in [4.78, 5) is 23.0. The van der Waals surface area contributed by atoms with Crippen LogP contribution in [0.15, 0.2) is 72.8 Å². The van der Waals surface area contributed by atoms with Gasteiger partial charge >= 0.3 is 0 Å². The van der Waals surface area contributed by atoms with E-state index in [4.69, 9.17) is 16.6 Å². The third-order valence-corrected chi connectivity index (χ3v) is 7.79. The van der Waals surface area contributed by atoms with E-state index in [0.717, 1.165) is 64.4 Å². The molecule has 39 heavy (non-hydrogen) atoms. The van der Waals surface area contributed by atoms with Crippen molar-refractivity contribution < 1.29 is 4.79 Å². The van der Waals surface area contributed by atoms with Crippen molar-refractivity contribution in [2.75, 3.05) is 31.1 Å². The molecule has 1 aliphatic heterocycles. The molecule has 0 unspecified atom stereocenters. The van der Waals surface area contributed by atoms with Gasteiger partial charge in [0.1, 0.15) is 0 Å². The zero-order chi connectivity index (χ0) is 26.9. The number of fused-ring (bicyclic) bond motifs is 3. The number of rotatable bonds is 5. The molecule has 1 aliphatic rings. The van der Waals surface area contributed by atoms with E-state index >= 15 is 0 Å². The molecule has 0 saturated carbocycles. The molecule has 8 heteroatoms. The van der Waals surface area contributed by atoms with Crippen LogP contribution in [-0.2, 0) is 4.79 Å². The van der Waals surface area contributed by atoms with Gasteiger partial charge in [-0.3, -0.25) is 4.79 Å². The lowest BCUT2D eigenvalue weighted by Crippen LogP contribution is -2.38. The molecule has 1 fully saturated rings. The normalized spacial score (nSPS) is 15.1. The minimum absolute atomic E-state index is 0.129. The lowest BCUT2D eigenvalue weighted by molar-refractivity contribution is -0.132. The Hall–Kier alpha value is -3.97. The van der Waals surface area contributed by atoms with Crippen LogP contribution in [-0.4, -0.2) is 56.6 Å². The zero-order valence-corrected chi connectivity index (χ0v) is 23.0. The number of carbonyl (C=O) groups is 1. The fourth-order valence-corrected chi connectivity index (χ4v) is 5.74. The number of aryl methyl sites for hydroxylation is 1. The van der Waals surface area contributed by atoms with Crippen molar-refractivity contribution in [1.29, 1.82) is 0 Å². The number of benzene rings is 3. The molecule has 3 heterocycles. The number of anilines is 1. The second kappa shape index (κ2) is 10.7. The van der Waals surface area contributed by atoms with E-state index in [1.165, 1.54) is 0 Å². The quantitative estimate of drug-likeness (QED) is 0.269. The first-order valence-electron chi connectivity index (χ1n) is 13.5. The van der Waals surface area contributed by atoms with Gasteiger partial charge in [0.2, 0.25) is 11.9 Å². The highest BCUT2D eigenvalue weighted by Gasteiger charge is 2.28. The number of amides is 1. The Labute approximate surface area is 233 Å². The minimum atomic E-state index is -0.129. The van der Waals surface area contributed by atoms with Crippen LogP contribution in [0.1, 0.15) is 36.8 Å². The molecular weight excluding hydrogens is 508 g/mol. The van der Waals surface area contributed by atoms with Gasteiger partial charge < -0.3 is 9.80 Å². The van der Waals surface area contributed by atoms with E-state index in [1.54, 1.807) is 0 Å². The molecule has 3 aromatic carbocycles. The van der Waals surface area contributed by atoms with Crippen LogP contribution < -0.4 is 4.90 Å². The number of halogens is 1. The molecule has 1 saturated heterocycles. The number of hydrogen-bond donors (Lipinski definition) is 0. The monoisotopic (exact) mass is 538 g/mol. The lowest BCUT2D eigenvalue weighted by Gasteiger charge is -2.27. The molecule has 0 N–H and O–H groups in total. The fraction of sp³-hybridized carbons (Fsp3) is 0.290. The third kappa shape index (κ3) is 4.83. The lowest BCUT2D eigenvalue weighted by atomic mass is 9.95. The van der Waals surface area contributed by atoms with Gasteiger partial charge in [0.25, 0.3) is 0 Å². The molecule has 7 nitrogen and oxygen atoms in total. The summed E-state index contributed by atoms with van der Waals surface area (Å²) in [6.45, 7) is 6.93. The third-order valence-electron chi connectivity index (χ3n) is 7.56. The average Bonchev–Trinajstić information content (AvgIpc) is 3.24. The Bertz CT molecular complexity index is 1650. The van der Waals surface area contributed by atoms with Gasteiger partial charge in [0, 0.05) is 42.2 Å². The van der Waals surface area contributed by atoms with Crippen molar-refractivity contribution in [3.63, 3.8) is 0 Å². The van der Waals surface area contributed by atoms with Crippen LogP contribution >= 0.6 is 11.6 Å². The maximum absolute atomic E-state index is 13.6. The molecule has 1 amide bonds. The van der Waals surface area contributed by atoms with Crippen molar-refractivity contribution in [2.45, 2.75) is 32.6 Å². The molecule has 1 atom stereocenters. The molecule has 198 valence electrons. The van der Waals surface area contributed by atoms with Gasteiger partial charge in [0.15, 0.2) is 11.5 Å². The average molecular weight is 539 g/mol. The number of nitrogens with zero attached hydrogens (tertiary/aromatic N) is 6. The summed E-state index contributed by atoms with van der Waals surface area (Å²) in [5.74, 6) is 1.58. The second-order valence-corrected chi connectivity index (χ2v) is 10.6. The molecular formula is C31H31ClN6O. The first-order valence-corrected chi connectivity index (χ1v) is 13.9. The Morgan fingerprint density at radius 3 is 2.59 bits per heavy atom. The first kappa shape index (κ1) is 25.3. The summed E-state index contributed by atoms with van der Waals surface area (Å²) in [6, 6.07) is 24.1. The number of hydrogen-bond acceptors (Lipinski definition) is 5. The topological polar surface area (TPSA) is 66.6 Å². The Balaban J connectivity index is 1.38. The van der Waals surface area contributed by atoms with E-state index in [-0.39, 0.29) is 11.8 Å². The Morgan fingerprint density at radius 2 is 1.79 bits per heavy atom. The minimum Gasteiger partial charge on any atom is -0.340 e. The summed E-state index contributed by atoms with van der Waals surface area (Å²) >= 11 is 6.36. The van der Waals surface area contributed by atoms with Gasteiger partial charge in [0.05, 0.1) is 11.4 Å². The Morgan fingerprint density at radius 1 is 0.949 bits per heavy atom. The zero-order valence-electron chi connectivity index (χ0n) is 22.2. The van der Waals surface area contributed by atoms with Gasteiger partial charge in [-0.2, -0.15) is 0 Å². The van der Waals surface area contributed by atoms with E-state index in [0.29, 0.717) is 24.7 Å². The second-order valence-electron chi connectivity index (χ2n) is 10.2. The van der Waals surface area contributed by atoms with Crippen LogP contribution in [0, 0.1) is 6.92 Å². The molecule has 2 aromatic heterocycles. The van der Waals surface area contributed by atoms with E-state index in [1.807, 2.05) is 47.4 Å². The van der Waals surface area contributed by atoms with Crippen molar-refractivity contribution in [2.24, 2.45) is 0 Å². The predicted octanol–water partition coefficient (Wildman–Crippen LogP) is 6.14. The van der Waals surface area contributed by atoms with Crippen LogP contribution in [0.25, 0.3) is 27.9 Å². The van der Waals surface area contributed by atoms with Crippen molar-refractivity contribution >= 4 is 40.0 Å². The van der Waals surface area contributed by atoms with Crippen LogP contribution in [0.2, 0.25) is 5.02 Å². The summed E-state index contributed by atoms with van der Waals surface area (Å²) in [6.07, 6.45) is 1.62. The first-order chi connectivity index (χ1) is 19.0. The number of carbonyl (C=O) groups excluding carboxylic acids is 1. The van der Waals surface area contributed by atoms with Gasteiger partial charge in [-0.15, -0.1) is 10.2 Å². The summed E-state index contributed by atoms with van der Waals surface area (Å²) in [7, 11) is 0. The van der Waals surface area contributed by atoms with Crippen molar-refractivity contribution in [3.8, 4) is 11.4 Å². The molecule has 5 aromatic rings.